The number of nitrogens with zero attached hydrogens (tertiary/aromatic N) is 1. The molecule has 3 heteroatoms. The molecule has 0 saturated carbocycles. The molecule has 0 radical (unpaired) electrons. The third kappa shape index (κ3) is 1.91. The highest BCUT2D eigenvalue weighted by Crippen LogP contribution is 2.24. The van der Waals surface area contributed by atoms with E-state index in [1.54, 1.807) is 10.8 Å². The molecule has 1 N–H and O–H groups in total. The molecular formula is C15H13NO2. The molecule has 0 atom stereocenters. The molecule has 2 aromatic carbocycles. The molecule has 3 rings (SSSR count). The van der Waals surface area contributed by atoms with Gasteiger partial charge in [0, 0.05) is 11.6 Å². The van der Waals surface area contributed by atoms with Gasteiger partial charge in [0.25, 0.3) is 0 Å². The normalized spacial score (nSPS) is 10.7. The summed E-state index contributed by atoms with van der Waals surface area (Å²) in [6.07, 6.45) is 1.81. The van der Waals surface area contributed by atoms with Gasteiger partial charge in [-0.2, -0.15) is 4.73 Å². The zero-order valence-corrected chi connectivity index (χ0v) is 9.78. The lowest BCUT2D eigenvalue weighted by Gasteiger charge is -2.09. The van der Waals surface area contributed by atoms with E-state index in [9.17, 15) is 5.11 Å². The predicted molar refractivity (Wildman–Crippen MR) is 70.3 cm³/mol. The van der Waals surface area contributed by atoms with Crippen molar-refractivity contribution in [2.24, 2.45) is 0 Å². The van der Waals surface area contributed by atoms with E-state index in [0.29, 0.717) is 12.1 Å². The summed E-state index contributed by atoms with van der Waals surface area (Å²) in [7, 11) is 0. The topological polar surface area (TPSA) is 34.4 Å². The zero-order valence-electron chi connectivity index (χ0n) is 9.78. The number of rotatable bonds is 3. The first-order valence-electron chi connectivity index (χ1n) is 5.81. The molecule has 0 spiro atoms. The fraction of sp³-hybridized carbons (Fsp3) is 0.0667. The highest BCUT2D eigenvalue weighted by Gasteiger charge is 2.06. The van der Waals surface area contributed by atoms with Gasteiger partial charge in [-0.25, -0.2) is 0 Å². The monoisotopic (exact) mass is 239 g/mol. The number of hydrogen-bond acceptors (Lipinski definition) is 2. The van der Waals surface area contributed by atoms with Gasteiger partial charge in [-0.1, -0.05) is 42.5 Å². The van der Waals surface area contributed by atoms with Crippen molar-refractivity contribution in [3.8, 4) is 5.75 Å². The molecule has 90 valence electrons. The number of benzene rings is 2. The number of phenols is 1. The molecule has 0 aliphatic rings. The van der Waals surface area contributed by atoms with Gasteiger partial charge in [-0.3, -0.25) is 0 Å². The third-order valence-corrected chi connectivity index (χ3v) is 2.87. The number of phenolic OH excluding ortho intramolecular Hbond substituents is 1. The van der Waals surface area contributed by atoms with Gasteiger partial charge in [-0.05, 0) is 17.7 Å². The first-order valence-corrected chi connectivity index (χ1v) is 5.81. The fourth-order valence-electron chi connectivity index (χ4n) is 1.97. The quantitative estimate of drug-likeness (QED) is 0.762. The van der Waals surface area contributed by atoms with Crippen molar-refractivity contribution < 1.29 is 9.94 Å². The summed E-state index contributed by atoms with van der Waals surface area (Å²) in [5, 5.41) is 10.8. The van der Waals surface area contributed by atoms with Crippen molar-refractivity contribution in [3.05, 3.63) is 66.4 Å². The highest BCUT2D eigenvalue weighted by molar-refractivity contribution is 5.85. The Morgan fingerprint density at radius 1 is 0.944 bits per heavy atom. The van der Waals surface area contributed by atoms with Crippen LogP contribution in [0.25, 0.3) is 10.9 Å². The molecule has 1 heterocycles. The van der Waals surface area contributed by atoms with Crippen molar-refractivity contribution in [3.63, 3.8) is 0 Å². The van der Waals surface area contributed by atoms with Crippen LogP contribution in [0.3, 0.4) is 0 Å². The van der Waals surface area contributed by atoms with E-state index in [1.807, 2.05) is 54.7 Å². The second-order valence-corrected chi connectivity index (χ2v) is 4.12. The summed E-state index contributed by atoms with van der Waals surface area (Å²) in [5.41, 5.74) is 1.79. The van der Waals surface area contributed by atoms with Gasteiger partial charge in [0.05, 0.1) is 0 Å². The standard InChI is InChI=1S/C15H13NO2/c17-14-8-4-7-13-9-10-16(15(13)14)18-11-12-5-2-1-3-6-12/h1-10,17H,11H2. The lowest BCUT2D eigenvalue weighted by Crippen LogP contribution is -2.09. The molecule has 0 aliphatic carbocycles. The lowest BCUT2D eigenvalue weighted by atomic mass is 10.2. The van der Waals surface area contributed by atoms with Crippen molar-refractivity contribution in [1.82, 2.24) is 4.73 Å². The molecule has 0 bridgehead atoms. The first kappa shape index (κ1) is 10.7. The highest BCUT2D eigenvalue weighted by atomic mass is 16.7. The van der Waals surface area contributed by atoms with Crippen LogP contribution in [-0.2, 0) is 6.61 Å². The minimum Gasteiger partial charge on any atom is -0.506 e. The van der Waals surface area contributed by atoms with Crippen molar-refractivity contribution in [2.45, 2.75) is 6.61 Å². The largest absolute Gasteiger partial charge is 0.506 e. The molecule has 0 fully saturated rings. The van der Waals surface area contributed by atoms with E-state index in [1.165, 1.54) is 0 Å². The smallest absolute Gasteiger partial charge is 0.143 e. The van der Waals surface area contributed by atoms with Crippen LogP contribution >= 0.6 is 0 Å². The zero-order chi connectivity index (χ0) is 12.4. The van der Waals surface area contributed by atoms with E-state index in [-0.39, 0.29) is 5.75 Å². The van der Waals surface area contributed by atoms with Crippen LogP contribution in [-0.4, -0.2) is 9.84 Å². The Balaban J connectivity index is 1.87. The predicted octanol–water partition coefficient (Wildman–Crippen LogP) is 2.98. The van der Waals surface area contributed by atoms with Crippen molar-refractivity contribution in [1.29, 1.82) is 0 Å². The number of hydrogen-bond donors (Lipinski definition) is 1. The Morgan fingerprint density at radius 3 is 2.61 bits per heavy atom. The number of para-hydroxylation sites is 1. The minimum absolute atomic E-state index is 0.227. The summed E-state index contributed by atoms with van der Waals surface area (Å²) in [5.74, 6) is 0.227. The van der Waals surface area contributed by atoms with Gasteiger partial charge in [0.1, 0.15) is 17.9 Å². The van der Waals surface area contributed by atoms with E-state index in [0.717, 1.165) is 10.9 Å². The van der Waals surface area contributed by atoms with Gasteiger partial charge in [-0.15, -0.1) is 0 Å². The number of aromatic hydroxyl groups is 1. The van der Waals surface area contributed by atoms with Crippen LogP contribution in [0.1, 0.15) is 5.56 Å². The number of aromatic nitrogens is 1. The van der Waals surface area contributed by atoms with Crippen molar-refractivity contribution in [2.75, 3.05) is 0 Å². The maximum absolute atomic E-state index is 9.84. The van der Waals surface area contributed by atoms with Crippen LogP contribution in [0.15, 0.2) is 60.8 Å². The molecule has 3 aromatic rings. The SMILES string of the molecule is Oc1cccc2ccn(OCc3ccccc3)c12. The second kappa shape index (κ2) is 4.45. The molecule has 18 heavy (non-hydrogen) atoms. The summed E-state index contributed by atoms with van der Waals surface area (Å²) >= 11 is 0. The molecular weight excluding hydrogens is 226 g/mol. The summed E-state index contributed by atoms with van der Waals surface area (Å²) in [6.45, 7) is 0.471. The average molecular weight is 239 g/mol. The Bertz CT molecular complexity index is 659. The van der Waals surface area contributed by atoms with Gasteiger partial charge >= 0.3 is 0 Å². The summed E-state index contributed by atoms with van der Waals surface area (Å²) < 4.78 is 1.61. The molecule has 1 aromatic heterocycles. The molecule has 0 unspecified atom stereocenters. The minimum atomic E-state index is 0.227. The third-order valence-electron chi connectivity index (χ3n) is 2.87. The van der Waals surface area contributed by atoms with Crippen LogP contribution in [0.5, 0.6) is 5.75 Å². The Hall–Kier alpha value is -2.42. The Kier molecular flexibility index (Phi) is 2.65. The van der Waals surface area contributed by atoms with Crippen LogP contribution < -0.4 is 4.84 Å². The van der Waals surface area contributed by atoms with E-state index >= 15 is 0 Å². The Labute approximate surface area is 105 Å². The lowest BCUT2D eigenvalue weighted by molar-refractivity contribution is 0.106. The van der Waals surface area contributed by atoms with E-state index < -0.39 is 0 Å². The molecule has 0 amide bonds. The second-order valence-electron chi connectivity index (χ2n) is 4.12. The molecule has 3 nitrogen and oxygen atoms in total. The van der Waals surface area contributed by atoms with Crippen LogP contribution in [0, 0.1) is 0 Å². The Morgan fingerprint density at radius 2 is 1.78 bits per heavy atom. The summed E-state index contributed by atoms with van der Waals surface area (Å²) in [6, 6.07) is 17.3. The summed E-state index contributed by atoms with van der Waals surface area (Å²) in [4.78, 5) is 5.68. The van der Waals surface area contributed by atoms with Crippen LogP contribution in [0.2, 0.25) is 0 Å². The van der Waals surface area contributed by atoms with Gasteiger partial charge < -0.3 is 9.94 Å². The van der Waals surface area contributed by atoms with Gasteiger partial charge in [0.15, 0.2) is 0 Å². The fourth-order valence-corrected chi connectivity index (χ4v) is 1.97. The maximum Gasteiger partial charge on any atom is 0.143 e. The number of fused-ring (bicyclic) bond motifs is 1. The molecule has 0 aliphatic heterocycles. The maximum atomic E-state index is 9.84. The van der Waals surface area contributed by atoms with Crippen molar-refractivity contribution >= 4 is 10.9 Å². The van der Waals surface area contributed by atoms with E-state index in [4.69, 9.17) is 4.84 Å². The first-order chi connectivity index (χ1) is 8.84. The van der Waals surface area contributed by atoms with E-state index in [2.05, 4.69) is 0 Å². The van der Waals surface area contributed by atoms with Gasteiger partial charge in [0.2, 0.25) is 0 Å². The molecule has 0 saturated heterocycles. The van der Waals surface area contributed by atoms with Crippen LogP contribution in [0.4, 0.5) is 0 Å². The average Bonchev–Trinajstić information content (AvgIpc) is 2.82.